The van der Waals surface area contributed by atoms with Gasteiger partial charge in [-0.3, -0.25) is 4.79 Å². The summed E-state index contributed by atoms with van der Waals surface area (Å²) in [5, 5.41) is 5.89. The van der Waals surface area contributed by atoms with Crippen LogP contribution in [0.25, 0.3) is 0 Å². The second-order valence-electron chi connectivity index (χ2n) is 4.56. The molecule has 2 rings (SSSR count). The lowest BCUT2D eigenvalue weighted by atomic mass is 10.1. The maximum absolute atomic E-state index is 11.9. The summed E-state index contributed by atoms with van der Waals surface area (Å²) in [6, 6.07) is 5.15. The Morgan fingerprint density at radius 1 is 1.42 bits per heavy atom. The van der Waals surface area contributed by atoms with Crippen molar-refractivity contribution in [2.24, 2.45) is 0 Å². The first-order valence-electron chi connectivity index (χ1n) is 5.89. The monoisotopic (exact) mass is 346 g/mol. The molecule has 0 fully saturated rings. The van der Waals surface area contributed by atoms with E-state index in [0.29, 0.717) is 13.0 Å². The molecule has 0 radical (unpaired) electrons. The van der Waals surface area contributed by atoms with E-state index in [2.05, 4.69) is 26.6 Å². The molecule has 0 spiro atoms. The molecule has 1 aromatic carbocycles. The van der Waals surface area contributed by atoms with Crippen LogP contribution in [-0.2, 0) is 14.6 Å². The van der Waals surface area contributed by atoms with Gasteiger partial charge in [-0.05, 0) is 25.1 Å². The van der Waals surface area contributed by atoms with E-state index in [9.17, 15) is 13.2 Å². The molecule has 1 heterocycles. The zero-order valence-electron chi connectivity index (χ0n) is 10.4. The number of hydrogen-bond donors (Lipinski definition) is 2. The average Bonchev–Trinajstić information content (AvgIpc) is 2.61. The molecule has 0 aromatic heterocycles. The van der Waals surface area contributed by atoms with Gasteiger partial charge >= 0.3 is 0 Å². The zero-order valence-corrected chi connectivity index (χ0v) is 12.8. The summed E-state index contributed by atoms with van der Waals surface area (Å²) in [6.07, 6.45) is 1.70. The molecule has 1 aliphatic rings. The van der Waals surface area contributed by atoms with Gasteiger partial charge in [0.25, 0.3) is 0 Å². The standard InChI is InChI=1S/C12H15BrN2O3S/c1-19(17,18)7-3-6-14-11-10-8(13)4-2-5-9(10)15-12(11)16/h2,4-5,11,14H,3,6-7H2,1H3,(H,15,16). The van der Waals surface area contributed by atoms with Gasteiger partial charge < -0.3 is 10.6 Å². The Balaban J connectivity index is 2.01. The number of amides is 1. The van der Waals surface area contributed by atoms with Crippen LogP contribution >= 0.6 is 15.9 Å². The summed E-state index contributed by atoms with van der Waals surface area (Å²) in [5.41, 5.74) is 1.67. The molecular formula is C12H15BrN2O3S. The molecule has 19 heavy (non-hydrogen) atoms. The number of halogens is 1. The maximum atomic E-state index is 11.9. The summed E-state index contributed by atoms with van der Waals surface area (Å²) < 4.78 is 22.9. The maximum Gasteiger partial charge on any atom is 0.246 e. The lowest BCUT2D eigenvalue weighted by Gasteiger charge is -2.12. The van der Waals surface area contributed by atoms with Crippen LogP contribution in [0.4, 0.5) is 5.69 Å². The Labute approximate surface area is 120 Å². The molecule has 1 atom stereocenters. The highest BCUT2D eigenvalue weighted by molar-refractivity contribution is 9.10. The topological polar surface area (TPSA) is 75.3 Å². The lowest BCUT2D eigenvalue weighted by Crippen LogP contribution is -2.29. The Morgan fingerprint density at radius 2 is 2.16 bits per heavy atom. The molecule has 7 heteroatoms. The van der Waals surface area contributed by atoms with E-state index in [0.717, 1.165) is 15.7 Å². The third-order valence-corrected chi connectivity index (χ3v) is 4.62. The van der Waals surface area contributed by atoms with Crippen molar-refractivity contribution in [1.82, 2.24) is 5.32 Å². The quantitative estimate of drug-likeness (QED) is 0.791. The van der Waals surface area contributed by atoms with E-state index in [4.69, 9.17) is 0 Å². The smallest absolute Gasteiger partial charge is 0.246 e. The molecule has 5 nitrogen and oxygen atoms in total. The van der Waals surface area contributed by atoms with Crippen molar-refractivity contribution in [3.05, 3.63) is 28.2 Å². The molecule has 0 bridgehead atoms. The van der Waals surface area contributed by atoms with Crippen LogP contribution in [-0.4, -0.2) is 32.9 Å². The summed E-state index contributed by atoms with van der Waals surface area (Å²) in [7, 11) is -2.95. The molecule has 1 amide bonds. The van der Waals surface area contributed by atoms with E-state index in [1.165, 1.54) is 6.26 Å². The fourth-order valence-corrected chi connectivity index (χ4v) is 3.31. The Bertz CT molecular complexity index is 601. The van der Waals surface area contributed by atoms with Crippen LogP contribution in [0, 0.1) is 0 Å². The SMILES string of the molecule is CS(=O)(=O)CCCNC1C(=O)Nc2cccc(Br)c21. The fourth-order valence-electron chi connectivity index (χ4n) is 2.05. The van der Waals surface area contributed by atoms with E-state index in [1.807, 2.05) is 18.2 Å². The minimum absolute atomic E-state index is 0.110. The number of carbonyl (C=O) groups is 1. The summed E-state index contributed by atoms with van der Waals surface area (Å²) >= 11 is 3.43. The second-order valence-corrected chi connectivity index (χ2v) is 7.67. The molecule has 2 N–H and O–H groups in total. The van der Waals surface area contributed by atoms with Gasteiger partial charge in [-0.2, -0.15) is 0 Å². The van der Waals surface area contributed by atoms with E-state index >= 15 is 0 Å². The van der Waals surface area contributed by atoms with Crippen molar-refractivity contribution in [3.8, 4) is 0 Å². The number of sulfone groups is 1. The minimum atomic E-state index is -2.95. The molecule has 104 valence electrons. The van der Waals surface area contributed by atoms with Crippen molar-refractivity contribution in [2.75, 3.05) is 23.9 Å². The number of hydrogen-bond acceptors (Lipinski definition) is 4. The molecule has 0 saturated heterocycles. The van der Waals surface area contributed by atoms with E-state index in [-0.39, 0.29) is 11.7 Å². The van der Waals surface area contributed by atoms with Gasteiger partial charge in [0.2, 0.25) is 5.91 Å². The highest BCUT2D eigenvalue weighted by Gasteiger charge is 2.31. The van der Waals surface area contributed by atoms with Crippen LogP contribution in [0.5, 0.6) is 0 Å². The molecule has 1 aliphatic heterocycles. The lowest BCUT2D eigenvalue weighted by molar-refractivity contribution is -0.117. The normalized spacial score (nSPS) is 18.2. The summed E-state index contributed by atoms with van der Waals surface area (Å²) in [6.45, 7) is 0.478. The first-order chi connectivity index (χ1) is 8.88. The van der Waals surface area contributed by atoms with Gasteiger partial charge in [-0.15, -0.1) is 0 Å². The Kier molecular flexibility index (Phi) is 4.27. The van der Waals surface area contributed by atoms with Gasteiger partial charge in [0, 0.05) is 22.0 Å². The largest absolute Gasteiger partial charge is 0.324 e. The fraction of sp³-hybridized carbons (Fsp3) is 0.417. The zero-order chi connectivity index (χ0) is 14.0. The number of benzene rings is 1. The van der Waals surface area contributed by atoms with Gasteiger partial charge in [0.1, 0.15) is 15.9 Å². The van der Waals surface area contributed by atoms with Crippen molar-refractivity contribution in [1.29, 1.82) is 0 Å². The van der Waals surface area contributed by atoms with Crippen LogP contribution in [0.1, 0.15) is 18.0 Å². The summed E-state index contributed by atoms with van der Waals surface area (Å²) in [4.78, 5) is 11.9. The third kappa shape index (κ3) is 3.55. The molecule has 1 unspecified atom stereocenters. The number of fused-ring (bicyclic) bond motifs is 1. The number of anilines is 1. The molecule has 1 aromatic rings. The predicted octanol–water partition coefficient (Wildman–Crippen LogP) is 1.47. The van der Waals surface area contributed by atoms with E-state index in [1.54, 1.807) is 0 Å². The highest BCUT2D eigenvalue weighted by Crippen LogP contribution is 2.36. The second kappa shape index (κ2) is 5.60. The Morgan fingerprint density at radius 3 is 2.84 bits per heavy atom. The van der Waals surface area contributed by atoms with Crippen molar-refractivity contribution in [2.45, 2.75) is 12.5 Å². The van der Waals surface area contributed by atoms with Crippen molar-refractivity contribution >= 4 is 37.4 Å². The van der Waals surface area contributed by atoms with Gasteiger partial charge in [-0.25, -0.2) is 8.42 Å². The highest BCUT2D eigenvalue weighted by atomic mass is 79.9. The van der Waals surface area contributed by atoms with Gasteiger partial charge in [-0.1, -0.05) is 22.0 Å². The number of carbonyl (C=O) groups excluding carboxylic acids is 1. The molecule has 0 aliphatic carbocycles. The van der Waals surface area contributed by atoms with Crippen LogP contribution in [0.15, 0.2) is 22.7 Å². The van der Waals surface area contributed by atoms with E-state index < -0.39 is 15.9 Å². The van der Waals surface area contributed by atoms with Crippen LogP contribution in [0.2, 0.25) is 0 Å². The molecular weight excluding hydrogens is 332 g/mol. The minimum Gasteiger partial charge on any atom is -0.324 e. The Hall–Kier alpha value is -0.920. The van der Waals surface area contributed by atoms with Gasteiger partial charge in [0.05, 0.1) is 5.75 Å². The summed E-state index contributed by atoms with van der Waals surface area (Å²) in [5.74, 6) is 0.0122. The average molecular weight is 347 g/mol. The first kappa shape index (κ1) is 14.5. The molecule has 0 saturated carbocycles. The van der Waals surface area contributed by atoms with Gasteiger partial charge in [0.15, 0.2) is 0 Å². The van der Waals surface area contributed by atoms with Crippen molar-refractivity contribution in [3.63, 3.8) is 0 Å². The predicted molar refractivity (Wildman–Crippen MR) is 77.8 cm³/mol. The third-order valence-electron chi connectivity index (χ3n) is 2.90. The van der Waals surface area contributed by atoms with Crippen LogP contribution in [0.3, 0.4) is 0 Å². The van der Waals surface area contributed by atoms with Crippen molar-refractivity contribution < 1.29 is 13.2 Å². The number of rotatable bonds is 5. The first-order valence-corrected chi connectivity index (χ1v) is 8.74. The number of nitrogens with one attached hydrogen (secondary N) is 2. The van der Waals surface area contributed by atoms with Crippen LogP contribution < -0.4 is 10.6 Å².